The summed E-state index contributed by atoms with van der Waals surface area (Å²) in [6.07, 6.45) is 2.16. The third kappa shape index (κ3) is 4.49. The third-order valence-corrected chi connectivity index (χ3v) is 3.16. The van der Waals surface area contributed by atoms with Crippen LogP contribution in [0.1, 0.15) is 33.6 Å². The Morgan fingerprint density at radius 1 is 1.38 bits per heavy atom. The number of nitrogens with one attached hydrogen (secondary N) is 2. The minimum atomic E-state index is 0.129. The maximum absolute atomic E-state index is 11.5. The Morgan fingerprint density at radius 2 is 2.00 bits per heavy atom. The van der Waals surface area contributed by atoms with E-state index < -0.39 is 0 Å². The van der Waals surface area contributed by atoms with E-state index in [2.05, 4.69) is 29.4 Å². The highest BCUT2D eigenvalue weighted by molar-refractivity contribution is 5.78. The van der Waals surface area contributed by atoms with Crippen molar-refractivity contribution in [3.63, 3.8) is 0 Å². The Labute approximate surface area is 98.8 Å². The molecule has 1 saturated heterocycles. The third-order valence-electron chi connectivity index (χ3n) is 3.16. The van der Waals surface area contributed by atoms with Crippen LogP contribution in [0.15, 0.2) is 0 Å². The number of hydrogen-bond donors (Lipinski definition) is 2. The average molecular weight is 227 g/mol. The van der Waals surface area contributed by atoms with E-state index in [9.17, 15) is 4.79 Å². The number of rotatable bonds is 5. The second-order valence-corrected chi connectivity index (χ2v) is 4.75. The first kappa shape index (κ1) is 13.5. The summed E-state index contributed by atoms with van der Waals surface area (Å²) in [6.45, 7) is 9.95. The first-order chi connectivity index (χ1) is 7.63. The summed E-state index contributed by atoms with van der Waals surface area (Å²) in [5.74, 6) is 0.129. The molecule has 0 saturated carbocycles. The average Bonchev–Trinajstić information content (AvgIpc) is 2.27. The molecule has 0 unspecified atom stereocenters. The van der Waals surface area contributed by atoms with Gasteiger partial charge in [-0.25, -0.2) is 0 Å². The van der Waals surface area contributed by atoms with Gasteiger partial charge in [0.2, 0.25) is 5.91 Å². The van der Waals surface area contributed by atoms with Gasteiger partial charge in [0.05, 0.1) is 6.54 Å². The Kier molecular flexibility index (Phi) is 5.77. The molecule has 1 fully saturated rings. The van der Waals surface area contributed by atoms with Crippen LogP contribution in [-0.2, 0) is 4.79 Å². The molecule has 1 heterocycles. The first-order valence-corrected chi connectivity index (χ1v) is 6.37. The van der Waals surface area contributed by atoms with Crippen LogP contribution >= 0.6 is 0 Å². The summed E-state index contributed by atoms with van der Waals surface area (Å²) >= 11 is 0. The maximum Gasteiger partial charge on any atom is 0.234 e. The Bertz CT molecular complexity index is 210. The number of carbonyl (C=O) groups excluding carboxylic acids is 1. The van der Waals surface area contributed by atoms with E-state index in [1.165, 1.54) is 0 Å². The molecular formula is C12H25N3O. The number of amides is 1. The van der Waals surface area contributed by atoms with Gasteiger partial charge in [-0.2, -0.15) is 0 Å². The van der Waals surface area contributed by atoms with E-state index in [1.54, 1.807) is 0 Å². The molecule has 1 aliphatic rings. The number of nitrogens with zero attached hydrogens (tertiary/aromatic N) is 1. The summed E-state index contributed by atoms with van der Waals surface area (Å²) in [4.78, 5) is 14.0. The van der Waals surface area contributed by atoms with Gasteiger partial charge in [0.1, 0.15) is 0 Å². The lowest BCUT2D eigenvalue weighted by Gasteiger charge is -2.34. The predicted octanol–water partition coefficient (Wildman–Crippen LogP) is 0.585. The summed E-state index contributed by atoms with van der Waals surface area (Å²) in [5.41, 5.74) is 0. The fourth-order valence-corrected chi connectivity index (χ4v) is 2.08. The highest BCUT2D eigenvalue weighted by atomic mass is 16.1. The van der Waals surface area contributed by atoms with Crippen molar-refractivity contribution in [3.8, 4) is 0 Å². The molecule has 0 radical (unpaired) electrons. The monoisotopic (exact) mass is 227 g/mol. The lowest BCUT2D eigenvalue weighted by Crippen LogP contribution is -2.48. The van der Waals surface area contributed by atoms with E-state index in [4.69, 9.17) is 0 Å². The predicted molar refractivity (Wildman–Crippen MR) is 66.4 cm³/mol. The molecule has 1 rings (SSSR count). The molecule has 1 aliphatic heterocycles. The lowest BCUT2D eigenvalue weighted by molar-refractivity contribution is -0.121. The molecule has 4 nitrogen and oxygen atoms in total. The highest BCUT2D eigenvalue weighted by Gasteiger charge is 2.21. The van der Waals surface area contributed by atoms with Crippen LogP contribution in [0.25, 0.3) is 0 Å². The molecule has 0 aromatic rings. The summed E-state index contributed by atoms with van der Waals surface area (Å²) < 4.78 is 0. The van der Waals surface area contributed by atoms with Crippen molar-refractivity contribution in [1.82, 2.24) is 15.5 Å². The molecule has 0 spiro atoms. The van der Waals surface area contributed by atoms with Crippen LogP contribution in [0.2, 0.25) is 0 Å². The van der Waals surface area contributed by atoms with Gasteiger partial charge >= 0.3 is 0 Å². The maximum atomic E-state index is 11.5. The van der Waals surface area contributed by atoms with Gasteiger partial charge in [-0.15, -0.1) is 0 Å². The second kappa shape index (κ2) is 6.86. The van der Waals surface area contributed by atoms with Crippen LogP contribution in [0, 0.1) is 0 Å². The highest BCUT2D eigenvalue weighted by Crippen LogP contribution is 2.12. The number of piperidine rings is 1. The van der Waals surface area contributed by atoms with Crippen molar-refractivity contribution in [2.45, 2.75) is 45.7 Å². The molecule has 0 aromatic heterocycles. The molecule has 16 heavy (non-hydrogen) atoms. The summed E-state index contributed by atoms with van der Waals surface area (Å²) in [6, 6.07) is 1.000. The topological polar surface area (TPSA) is 44.4 Å². The minimum Gasteiger partial charge on any atom is -0.352 e. The minimum absolute atomic E-state index is 0.129. The van der Waals surface area contributed by atoms with Gasteiger partial charge in [0.25, 0.3) is 0 Å². The van der Waals surface area contributed by atoms with Gasteiger partial charge in [-0.05, 0) is 33.2 Å². The number of likely N-dealkylation sites (N-methyl/N-ethyl adjacent to an activating group) is 1. The zero-order chi connectivity index (χ0) is 12.0. The number of hydrogen-bond acceptors (Lipinski definition) is 3. The van der Waals surface area contributed by atoms with E-state index in [0.717, 1.165) is 32.5 Å². The Hall–Kier alpha value is -0.610. The van der Waals surface area contributed by atoms with Crippen molar-refractivity contribution in [3.05, 3.63) is 0 Å². The first-order valence-electron chi connectivity index (χ1n) is 6.37. The zero-order valence-electron chi connectivity index (χ0n) is 10.8. The van der Waals surface area contributed by atoms with Crippen LogP contribution in [0.5, 0.6) is 0 Å². The number of likely N-dealkylation sites (tertiary alicyclic amines) is 1. The standard InChI is InChI=1S/C12H25N3O/c1-4-13-9-12(16)14-11-5-7-15(8-6-11)10(2)3/h10-11,13H,4-9H2,1-3H3,(H,14,16). The SMILES string of the molecule is CCNCC(=O)NC1CCN(C(C)C)CC1. The van der Waals surface area contributed by atoms with Crippen LogP contribution in [0.4, 0.5) is 0 Å². The van der Waals surface area contributed by atoms with Crippen LogP contribution in [0.3, 0.4) is 0 Å². The second-order valence-electron chi connectivity index (χ2n) is 4.75. The van der Waals surface area contributed by atoms with E-state index in [-0.39, 0.29) is 5.91 Å². The van der Waals surface area contributed by atoms with Gasteiger partial charge in [-0.1, -0.05) is 6.92 Å². The van der Waals surface area contributed by atoms with Crippen molar-refractivity contribution < 1.29 is 4.79 Å². The fraction of sp³-hybridized carbons (Fsp3) is 0.917. The normalized spacial score (nSPS) is 19.0. The van der Waals surface area contributed by atoms with Gasteiger partial charge in [-0.3, -0.25) is 4.79 Å². The van der Waals surface area contributed by atoms with Crippen molar-refractivity contribution in [2.24, 2.45) is 0 Å². The molecule has 0 aromatic carbocycles. The Morgan fingerprint density at radius 3 is 2.50 bits per heavy atom. The molecule has 0 atom stereocenters. The molecule has 0 aliphatic carbocycles. The zero-order valence-corrected chi connectivity index (χ0v) is 10.8. The van der Waals surface area contributed by atoms with Gasteiger partial charge in [0, 0.05) is 25.2 Å². The molecule has 94 valence electrons. The van der Waals surface area contributed by atoms with Crippen LogP contribution in [-0.4, -0.2) is 49.1 Å². The summed E-state index contributed by atoms with van der Waals surface area (Å²) in [5, 5.41) is 6.13. The molecule has 0 bridgehead atoms. The van der Waals surface area contributed by atoms with E-state index >= 15 is 0 Å². The van der Waals surface area contributed by atoms with E-state index in [1.807, 2.05) is 6.92 Å². The molecule has 2 N–H and O–H groups in total. The Balaban J connectivity index is 2.19. The van der Waals surface area contributed by atoms with Crippen molar-refractivity contribution >= 4 is 5.91 Å². The number of carbonyl (C=O) groups is 1. The van der Waals surface area contributed by atoms with Gasteiger partial charge in [0.15, 0.2) is 0 Å². The molecule has 4 heteroatoms. The van der Waals surface area contributed by atoms with Crippen molar-refractivity contribution in [1.29, 1.82) is 0 Å². The molecule has 1 amide bonds. The largest absolute Gasteiger partial charge is 0.352 e. The smallest absolute Gasteiger partial charge is 0.234 e. The van der Waals surface area contributed by atoms with Crippen molar-refractivity contribution in [2.75, 3.05) is 26.2 Å². The quantitative estimate of drug-likeness (QED) is 0.722. The molecular weight excluding hydrogens is 202 g/mol. The van der Waals surface area contributed by atoms with Crippen LogP contribution < -0.4 is 10.6 Å². The lowest BCUT2D eigenvalue weighted by atomic mass is 10.0. The van der Waals surface area contributed by atoms with E-state index in [0.29, 0.717) is 18.6 Å². The fourth-order valence-electron chi connectivity index (χ4n) is 2.08. The summed E-state index contributed by atoms with van der Waals surface area (Å²) in [7, 11) is 0. The van der Waals surface area contributed by atoms with Gasteiger partial charge < -0.3 is 15.5 Å².